The molecule has 4 aromatic rings. The van der Waals surface area contributed by atoms with Gasteiger partial charge in [0.1, 0.15) is 11.3 Å². The highest BCUT2D eigenvalue weighted by atomic mass is 32.2. The first-order chi connectivity index (χ1) is 17.7. The summed E-state index contributed by atoms with van der Waals surface area (Å²) in [5, 5.41) is 24.5. The molecular formula is C24H26N6O6S. The van der Waals surface area contributed by atoms with Crippen molar-refractivity contribution in [3.8, 4) is 0 Å². The number of pyridine rings is 1. The van der Waals surface area contributed by atoms with Gasteiger partial charge in [-0.3, -0.25) is 9.10 Å². The van der Waals surface area contributed by atoms with Crippen LogP contribution in [-0.4, -0.2) is 63.1 Å². The summed E-state index contributed by atoms with van der Waals surface area (Å²) in [4.78, 5) is 17.7. The molecule has 194 valence electrons. The van der Waals surface area contributed by atoms with Crippen molar-refractivity contribution in [1.29, 1.82) is 0 Å². The molecule has 1 aliphatic rings. The highest BCUT2D eigenvalue weighted by molar-refractivity contribution is 7.93. The lowest BCUT2D eigenvalue weighted by atomic mass is 10.1. The highest BCUT2D eigenvalue weighted by Crippen LogP contribution is 2.42. The molecule has 1 unspecified atom stereocenters. The number of rotatable bonds is 9. The number of benzene rings is 1. The summed E-state index contributed by atoms with van der Waals surface area (Å²) in [7, 11) is -1.71. The van der Waals surface area contributed by atoms with E-state index in [4.69, 9.17) is 4.74 Å². The van der Waals surface area contributed by atoms with Crippen molar-refractivity contribution in [2.75, 3.05) is 18.5 Å². The van der Waals surface area contributed by atoms with E-state index in [0.29, 0.717) is 17.0 Å². The van der Waals surface area contributed by atoms with Gasteiger partial charge in [-0.1, -0.05) is 23.4 Å². The number of sulfonamides is 1. The number of hydrogen-bond donors (Lipinski definition) is 2. The maximum atomic E-state index is 13.9. The molecule has 0 aliphatic heterocycles. The van der Waals surface area contributed by atoms with Crippen LogP contribution < -0.4 is 4.31 Å². The van der Waals surface area contributed by atoms with Crippen LogP contribution in [0.4, 0.5) is 5.69 Å². The number of aliphatic hydroxyl groups is 2. The van der Waals surface area contributed by atoms with Crippen LogP contribution in [0.5, 0.6) is 0 Å². The van der Waals surface area contributed by atoms with E-state index < -0.39 is 27.5 Å². The molecule has 3 heterocycles. The van der Waals surface area contributed by atoms with Crippen LogP contribution in [0.1, 0.15) is 52.8 Å². The minimum atomic E-state index is -4.27. The quantitative estimate of drug-likeness (QED) is 0.244. The number of imidazole rings is 1. The molecule has 1 atom stereocenters. The summed E-state index contributed by atoms with van der Waals surface area (Å²) in [5.41, 5.74) is 2.32. The van der Waals surface area contributed by atoms with Crippen molar-refractivity contribution in [2.45, 2.75) is 36.8 Å². The third kappa shape index (κ3) is 4.80. The number of hydrogen-bond acceptors (Lipinski definition) is 9. The van der Waals surface area contributed by atoms with Gasteiger partial charge in [0.15, 0.2) is 6.29 Å². The smallest absolute Gasteiger partial charge is 0.330 e. The number of esters is 1. The maximum Gasteiger partial charge on any atom is 0.330 e. The summed E-state index contributed by atoms with van der Waals surface area (Å²) < 4.78 is 36.9. The molecule has 0 radical (unpaired) electrons. The Labute approximate surface area is 212 Å². The number of ether oxygens (including phenoxy) is 1. The summed E-state index contributed by atoms with van der Waals surface area (Å²) in [6.45, 7) is 0.138. The lowest BCUT2D eigenvalue weighted by molar-refractivity contribution is -0.140. The van der Waals surface area contributed by atoms with Gasteiger partial charge >= 0.3 is 5.97 Å². The molecule has 1 aliphatic carbocycles. The molecule has 37 heavy (non-hydrogen) atoms. The predicted octanol–water partition coefficient (Wildman–Crippen LogP) is 1.51. The van der Waals surface area contributed by atoms with Gasteiger partial charge in [-0.15, -0.1) is 5.10 Å². The Bertz CT molecular complexity index is 1540. The average molecular weight is 527 g/mol. The van der Waals surface area contributed by atoms with E-state index in [1.807, 2.05) is 6.20 Å². The molecule has 0 saturated heterocycles. The Morgan fingerprint density at radius 2 is 1.92 bits per heavy atom. The van der Waals surface area contributed by atoms with Crippen molar-refractivity contribution in [3.63, 3.8) is 0 Å². The van der Waals surface area contributed by atoms with E-state index in [-0.39, 0.29) is 23.7 Å². The molecule has 2 N–H and O–H groups in total. The number of anilines is 1. The van der Waals surface area contributed by atoms with Crippen molar-refractivity contribution in [2.24, 2.45) is 0 Å². The lowest BCUT2D eigenvalue weighted by Gasteiger charge is -2.25. The van der Waals surface area contributed by atoms with Crippen LogP contribution >= 0.6 is 0 Å². The Hall–Kier alpha value is -3.81. The number of fused-ring (bicyclic) bond motifs is 1. The fraction of sp³-hybridized carbons (Fsp3) is 0.333. The van der Waals surface area contributed by atoms with Gasteiger partial charge in [0, 0.05) is 25.0 Å². The molecule has 0 spiro atoms. The molecule has 13 heteroatoms. The van der Waals surface area contributed by atoms with Gasteiger partial charge in [-0.05, 0) is 42.5 Å². The van der Waals surface area contributed by atoms with Gasteiger partial charge in [0.25, 0.3) is 10.0 Å². The minimum Gasteiger partial charge on any atom is -0.468 e. The molecule has 3 aromatic heterocycles. The van der Waals surface area contributed by atoms with Crippen molar-refractivity contribution < 1.29 is 28.2 Å². The molecule has 12 nitrogen and oxygen atoms in total. The summed E-state index contributed by atoms with van der Waals surface area (Å²) >= 11 is 0. The fourth-order valence-corrected chi connectivity index (χ4v) is 5.81. The summed E-state index contributed by atoms with van der Waals surface area (Å²) in [6, 6.07) is 10.2. The number of methoxy groups -OCH3 is 1. The number of carbonyl (C=O) groups is 1. The Kier molecular flexibility index (Phi) is 6.43. The molecule has 0 bridgehead atoms. The summed E-state index contributed by atoms with van der Waals surface area (Å²) in [5.74, 6) is -0.647. The minimum absolute atomic E-state index is 0.0127. The van der Waals surface area contributed by atoms with Crippen LogP contribution in [0.15, 0.2) is 55.0 Å². The number of nitrogens with zero attached hydrogens (tertiary/aromatic N) is 6. The Balaban J connectivity index is 1.62. The average Bonchev–Trinajstić information content (AvgIpc) is 3.49. The Morgan fingerprint density at radius 1 is 1.19 bits per heavy atom. The predicted molar refractivity (Wildman–Crippen MR) is 132 cm³/mol. The monoisotopic (exact) mass is 526 g/mol. The van der Waals surface area contributed by atoms with Crippen LogP contribution in [0.25, 0.3) is 5.65 Å². The molecule has 1 saturated carbocycles. The SMILES string of the molecule is COC(=O)C(c1cc(C2CC2)cn2cc(Cn3cc(C(O)O)nn3)nc12)S(=O)(=O)N(C)c1ccccc1. The first-order valence-corrected chi connectivity index (χ1v) is 13.1. The van der Waals surface area contributed by atoms with Crippen molar-refractivity contribution in [3.05, 3.63) is 77.5 Å². The number of aliphatic hydroxyl groups excluding tert-OH is 1. The van der Waals surface area contributed by atoms with Crippen LogP contribution in [0.2, 0.25) is 0 Å². The zero-order chi connectivity index (χ0) is 26.3. The van der Waals surface area contributed by atoms with Gasteiger partial charge in [-0.25, -0.2) is 18.1 Å². The standard InChI is InChI=1S/C24H26N6O6S/c1-28(18-6-4-3-5-7-18)37(34,35)21(24(33)36-2)19-10-16(15-8-9-15)11-29-12-17(25-22(19)29)13-30-14-20(23(31)32)26-27-30/h3-7,10-12,14-15,21,23,31-32H,8-9,13H2,1-2H3. The third-order valence-electron chi connectivity index (χ3n) is 6.34. The van der Waals surface area contributed by atoms with Crippen molar-refractivity contribution >= 4 is 27.3 Å². The zero-order valence-corrected chi connectivity index (χ0v) is 21.0. The molecule has 1 aromatic carbocycles. The first-order valence-electron chi connectivity index (χ1n) is 11.6. The fourth-order valence-electron chi connectivity index (χ4n) is 4.24. The lowest BCUT2D eigenvalue weighted by Crippen LogP contribution is -2.36. The van der Waals surface area contributed by atoms with E-state index in [9.17, 15) is 23.4 Å². The van der Waals surface area contributed by atoms with Gasteiger partial charge < -0.3 is 19.4 Å². The van der Waals surface area contributed by atoms with Crippen molar-refractivity contribution in [1.82, 2.24) is 24.4 Å². The topological polar surface area (TPSA) is 152 Å². The molecule has 1 fully saturated rings. The summed E-state index contributed by atoms with van der Waals surface area (Å²) in [6.07, 6.45) is 5.17. The van der Waals surface area contributed by atoms with E-state index in [1.54, 1.807) is 47.0 Å². The normalized spacial score (nSPS) is 14.7. The second-order valence-corrected chi connectivity index (χ2v) is 11.0. The number of aromatic nitrogens is 5. The molecule has 0 amide bonds. The Morgan fingerprint density at radius 3 is 2.54 bits per heavy atom. The molecule has 5 rings (SSSR count). The van der Waals surface area contributed by atoms with Gasteiger partial charge in [0.2, 0.25) is 5.25 Å². The third-order valence-corrected chi connectivity index (χ3v) is 8.36. The van der Waals surface area contributed by atoms with Gasteiger partial charge in [-0.2, -0.15) is 0 Å². The van der Waals surface area contributed by atoms with E-state index in [0.717, 1.165) is 29.8 Å². The van der Waals surface area contributed by atoms with Gasteiger partial charge in [0.05, 0.1) is 31.2 Å². The second kappa shape index (κ2) is 9.57. The maximum absolute atomic E-state index is 13.9. The van der Waals surface area contributed by atoms with E-state index >= 15 is 0 Å². The van der Waals surface area contributed by atoms with Crippen LogP contribution in [0, 0.1) is 0 Å². The number of carbonyl (C=O) groups excluding carboxylic acids is 1. The van der Waals surface area contributed by atoms with Crippen LogP contribution in [0.3, 0.4) is 0 Å². The largest absolute Gasteiger partial charge is 0.468 e. The van der Waals surface area contributed by atoms with Crippen LogP contribution in [-0.2, 0) is 26.1 Å². The zero-order valence-electron chi connectivity index (χ0n) is 20.2. The highest BCUT2D eigenvalue weighted by Gasteiger charge is 2.41. The first kappa shape index (κ1) is 24.9. The number of para-hydroxylation sites is 1. The molecular weight excluding hydrogens is 500 g/mol. The van der Waals surface area contributed by atoms with E-state index in [1.165, 1.54) is 17.9 Å². The van der Waals surface area contributed by atoms with E-state index in [2.05, 4.69) is 15.3 Å². The second-order valence-electron chi connectivity index (χ2n) is 8.93.